The lowest BCUT2D eigenvalue weighted by atomic mass is 10.1. The van der Waals surface area contributed by atoms with Gasteiger partial charge in [-0.05, 0) is 62.1 Å². The Balaban J connectivity index is 1.39. The predicted octanol–water partition coefficient (Wildman–Crippen LogP) is 4.18. The van der Waals surface area contributed by atoms with Crippen LogP contribution in [0.25, 0.3) is 0 Å². The average Bonchev–Trinajstić information content (AvgIpc) is 3.20. The molecule has 1 saturated heterocycles. The van der Waals surface area contributed by atoms with E-state index in [1.54, 1.807) is 0 Å². The molecule has 2 N–H and O–H groups in total. The van der Waals surface area contributed by atoms with Crippen molar-refractivity contribution in [3.05, 3.63) is 47.0 Å². The standard InChI is InChI=1S/C22H26ClN3O3/c1-15(22(27)24-13-16-5-8-20-21(11-16)29-14-28-20)25-18-12-17(23)6-7-19(18)26-9-3-2-4-10-26/h5-8,11-12,15,25H,2-4,9-10,13-14H2,1H3,(H,24,27)/t15-/m1/s1. The van der Waals surface area contributed by atoms with Gasteiger partial charge in [-0.15, -0.1) is 0 Å². The highest BCUT2D eigenvalue weighted by atomic mass is 35.5. The number of anilines is 2. The van der Waals surface area contributed by atoms with E-state index in [2.05, 4.69) is 15.5 Å². The Kier molecular flexibility index (Phi) is 6.00. The van der Waals surface area contributed by atoms with Crippen molar-refractivity contribution in [1.82, 2.24) is 5.32 Å². The summed E-state index contributed by atoms with van der Waals surface area (Å²) in [5.41, 5.74) is 2.96. The van der Waals surface area contributed by atoms with Gasteiger partial charge < -0.3 is 25.0 Å². The van der Waals surface area contributed by atoms with E-state index in [4.69, 9.17) is 21.1 Å². The number of benzene rings is 2. The van der Waals surface area contributed by atoms with Gasteiger partial charge in [-0.3, -0.25) is 4.79 Å². The summed E-state index contributed by atoms with van der Waals surface area (Å²) in [7, 11) is 0. The monoisotopic (exact) mass is 415 g/mol. The van der Waals surface area contributed by atoms with Gasteiger partial charge in [0.1, 0.15) is 6.04 Å². The molecule has 2 aliphatic heterocycles. The molecular formula is C22H26ClN3O3. The minimum absolute atomic E-state index is 0.0766. The molecule has 1 amide bonds. The van der Waals surface area contributed by atoms with E-state index < -0.39 is 6.04 Å². The highest BCUT2D eigenvalue weighted by Crippen LogP contribution is 2.33. The lowest BCUT2D eigenvalue weighted by Crippen LogP contribution is -2.38. The van der Waals surface area contributed by atoms with Crippen LogP contribution in [0.1, 0.15) is 31.7 Å². The van der Waals surface area contributed by atoms with E-state index in [-0.39, 0.29) is 12.7 Å². The van der Waals surface area contributed by atoms with Gasteiger partial charge >= 0.3 is 0 Å². The van der Waals surface area contributed by atoms with Gasteiger partial charge in [0, 0.05) is 24.7 Å². The Bertz CT molecular complexity index is 884. The summed E-state index contributed by atoms with van der Waals surface area (Å²) >= 11 is 6.23. The number of fused-ring (bicyclic) bond motifs is 1. The molecule has 7 heteroatoms. The number of amides is 1. The summed E-state index contributed by atoms with van der Waals surface area (Å²) in [4.78, 5) is 15.0. The molecule has 154 valence electrons. The minimum Gasteiger partial charge on any atom is -0.454 e. The second-order valence-corrected chi connectivity index (χ2v) is 7.92. The third-order valence-corrected chi connectivity index (χ3v) is 5.56. The summed E-state index contributed by atoms with van der Waals surface area (Å²) in [6.45, 7) is 4.58. The number of hydrogen-bond acceptors (Lipinski definition) is 5. The zero-order chi connectivity index (χ0) is 20.2. The van der Waals surface area contributed by atoms with Crippen molar-refractivity contribution in [2.24, 2.45) is 0 Å². The van der Waals surface area contributed by atoms with Crippen molar-refractivity contribution in [2.75, 3.05) is 30.1 Å². The van der Waals surface area contributed by atoms with Crippen LogP contribution in [0.5, 0.6) is 11.5 Å². The molecule has 1 atom stereocenters. The fraction of sp³-hybridized carbons (Fsp3) is 0.409. The lowest BCUT2D eigenvalue weighted by Gasteiger charge is -2.31. The van der Waals surface area contributed by atoms with Crippen molar-refractivity contribution in [3.8, 4) is 11.5 Å². The normalized spacial score (nSPS) is 16.4. The summed E-state index contributed by atoms with van der Waals surface area (Å²) in [5.74, 6) is 1.38. The first-order valence-corrected chi connectivity index (χ1v) is 10.5. The second-order valence-electron chi connectivity index (χ2n) is 7.48. The molecule has 0 aromatic heterocycles. The molecule has 0 spiro atoms. The quantitative estimate of drug-likeness (QED) is 0.741. The van der Waals surface area contributed by atoms with Crippen LogP contribution in [0.3, 0.4) is 0 Å². The first-order valence-electron chi connectivity index (χ1n) is 10.1. The molecule has 2 heterocycles. The number of hydrogen-bond donors (Lipinski definition) is 2. The maximum Gasteiger partial charge on any atom is 0.242 e. The van der Waals surface area contributed by atoms with E-state index >= 15 is 0 Å². The number of ether oxygens (including phenoxy) is 2. The largest absolute Gasteiger partial charge is 0.454 e. The zero-order valence-corrected chi connectivity index (χ0v) is 17.3. The molecule has 0 unspecified atom stereocenters. The van der Waals surface area contributed by atoms with Crippen LogP contribution >= 0.6 is 11.6 Å². The summed E-state index contributed by atoms with van der Waals surface area (Å²) in [6.07, 6.45) is 3.65. The molecule has 0 aliphatic carbocycles. The topological polar surface area (TPSA) is 62.8 Å². The van der Waals surface area contributed by atoms with Crippen molar-refractivity contribution < 1.29 is 14.3 Å². The highest BCUT2D eigenvalue weighted by Gasteiger charge is 2.19. The zero-order valence-electron chi connectivity index (χ0n) is 16.5. The van der Waals surface area contributed by atoms with Gasteiger partial charge in [0.25, 0.3) is 0 Å². The Morgan fingerprint density at radius 2 is 1.90 bits per heavy atom. The average molecular weight is 416 g/mol. The minimum atomic E-state index is -0.397. The Morgan fingerprint density at radius 3 is 2.72 bits per heavy atom. The van der Waals surface area contributed by atoms with E-state index in [9.17, 15) is 4.79 Å². The van der Waals surface area contributed by atoms with Crippen LogP contribution in [0.2, 0.25) is 5.02 Å². The van der Waals surface area contributed by atoms with Crippen molar-refractivity contribution in [1.29, 1.82) is 0 Å². The molecule has 4 rings (SSSR count). The first kappa shape index (κ1) is 19.7. The maximum atomic E-state index is 12.7. The molecule has 2 aromatic carbocycles. The van der Waals surface area contributed by atoms with E-state index in [0.717, 1.165) is 35.8 Å². The number of nitrogens with zero attached hydrogens (tertiary/aromatic N) is 1. The van der Waals surface area contributed by atoms with Crippen LogP contribution < -0.4 is 25.0 Å². The van der Waals surface area contributed by atoms with E-state index in [0.29, 0.717) is 17.3 Å². The van der Waals surface area contributed by atoms with Crippen molar-refractivity contribution in [3.63, 3.8) is 0 Å². The first-order chi connectivity index (χ1) is 14.1. The molecule has 6 nitrogen and oxygen atoms in total. The van der Waals surface area contributed by atoms with E-state index in [1.165, 1.54) is 19.3 Å². The molecule has 1 fully saturated rings. The second kappa shape index (κ2) is 8.82. The number of carbonyl (C=O) groups is 1. The number of piperidine rings is 1. The molecular weight excluding hydrogens is 390 g/mol. The smallest absolute Gasteiger partial charge is 0.242 e. The Labute approximate surface area is 176 Å². The van der Waals surface area contributed by atoms with Gasteiger partial charge in [-0.1, -0.05) is 17.7 Å². The SMILES string of the molecule is C[C@@H](Nc1cc(Cl)ccc1N1CCCCC1)C(=O)NCc1ccc2c(c1)OCO2. The van der Waals surface area contributed by atoms with Crippen molar-refractivity contribution in [2.45, 2.75) is 38.8 Å². The predicted molar refractivity (Wildman–Crippen MR) is 115 cm³/mol. The fourth-order valence-electron chi connectivity index (χ4n) is 3.73. The van der Waals surface area contributed by atoms with Gasteiger partial charge in [0.05, 0.1) is 11.4 Å². The highest BCUT2D eigenvalue weighted by molar-refractivity contribution is 6.31. The van der Waals surface area contributed by atoms with Crippen LogP contribution in [0, 0.1) is 0 Å². The Morgan fingerprint density at radius 1 is 1.10 bits per heavy atom. The third kappa shape index (κ3) is 4.70. The van der Waals surface area contributed by atoms with Crippen LogP contribution in [0.4, 0.5) is 11.4 Å². The van der Waals surface area contributed by atoms with Gasteiger partial charge in [-0.25, -0.2) is 0 Å². The van der Waals surface area contributed by atoms with Crippen LogP contribution in [-0.2, 0) is 11.3 Å². The molecule has 0 saturated carbocycles. The number of carbonyl (C=O) groups excluding carboxylic acids is 1. The van der Waals surface area contributed by atoms with Gasteiger partial charge in [-0.2, -0.15) is 0 Å². The fourth-order valence-corrected chi connectivity index (χ4v) is 3.90. The number of nitrogens with one attached hydrogen (secondary N) is 2. The number of rotatable bonds is 6. The van der Waals surface area contributed by atoms with Crippen LogP contribution in [-0.4, -0.2) is 31.8 Å². The molecule has 0 radical (unpaired) electrons. The summed E-state index contributed by atoms with van der Waals surface area (Å²) < 4.78 is 10.7. The molecule has 2 aromatic rings. The number of halogens is 1. The molecule has 29 heavy (non-hydrogen) atoms. The molecule has 0 bridgehead atoms. The van der Waals surface area contributed by atoms with E-state index in [1.807, 2.05) is 43.3 Å². The Hall–Kier alpha value is -2.60. The maximum absolute atomic E-state index is 12.7. The summed E-state index contributed by atoms with van der Waals surface area (Å²) in [6, 6.07) is 11.1. The van der Waals surface area contributed by atoms with Crippen LogP contribution in [0.15, 0.2) is 36.4 Å². The van der Waals surface area contributed by atoms with Gasteiger partial charge in [0.15, 0.2) is 11.5 Å². The van der Waals surface area contributed by atoms with Crippen molar-refractivity contribution >= 4 is 28.9 Å². The lowest BCUT2D eigenvalue weighted by molar-refractivity contribution is -0.121. The van der Waals surface area contributed by atoms with Gasteiger partial charge in [0.2, 0.25) is 12.7 Å². The summed E-state index contributed by atoms with van der Waals surface area (Å²) in [5, 5.41) is 6.98. The molecule has 2 aliphatic rings. The third-order valence-electron chi connectivity index (χ3n) is 5.32.